The molecule has 0 heterocycles. The molecule has 0 aromatic heterocycles. The van der Waals surface area contributed by atoms with Gasteiger partial charge in [-0.25, -0.2) is 0 Å². The first-order valence-electron chi connectivity index (χ1n) is 7.56. The highest BCUT2D eigenvalue weighted by Gasteiger charge is 2.11. The number of rotatable bonds is 8. The Hall–Kier alpha value is -2.46. The first kappa shape index (κ1) is 17.9. The molecule has 0 aliphatic carbocycles. The molecule has 0 N–H and O–H groups in total. The predicted octanol–water partition coefficient (Wildman–Crippen LogP) is 5.06. The van der Waals surface area contributed by atoms with Crippen LogP contribution in [0.1, 0.15) is 12.5 Å². The highest BCUT2D eigenvalue weighted by molar-refractivity contribution is 6.32. The van der Waals surface area contributed by atoms with Crippen molar-refractivity contribution in [1.82, 2.24) is 0 Å². The van der Waals surface area contributed by atoms with E-state index in [-0.39, 0.29) is 0 Å². The molecule has 24 heavy (non-hydrogen) atoms. The second-order valence-corrected chi connectivity index (χ2v) is 5.23. The lowest BCUT2D eigenvalue weighted by Gasteiger charge is -2.13. The number of nitrogens with zero attached hydrogens (tertiary/aromatic N) is 1. The number of benzene rings is 2. The van der Waals surface area contributed by atoms with Gasteiger partial charge in [0.15, 0.2) is 11.5 Å². The van der Waals surface area contributed by atoms with E-state index in [0.29, 0.717) is 29.7 Å². The van der Waals surface area contributed by atoms with Gasteiger partial charge in [0, 0.05) is 6.21 Å². The van der Waals surface area contributed by atoms with Crippen molar-refractivity contribution in [2.24, 2.45) is 4.99 Å². The summed E-state index contributed by atoms with van der Waals surface area (Å²) in [6.07, 6.45) is 3.39. The highest BCUT2D eigenvalue weighted by atomic mass is 35.5. The molecule has 0 spiro atoms. The predicted molar refractivity (Wildman–Crippen MR) is 98.6 cm³/mol. The van der Waals surface area contributed by atoms with Crippen LogP contribution in [0.5, 0.6) is 17.2 Å². The molecule has 0 aliphatic heterocycles. The van der Waals surface area contributed by atoms with E-state index in [4.69, 9.17) is 25.8 Å². The fraction of sp³-hybridized carbons (Fsp3) is 0.211. The van der Waals surface area contributed by atoms with Crippen LogP contribution in [0, 0.1) is 0 Å². The van der Waals surface area contributed by atoms with E-state index in [1.54, 1.807) is 25.5 Å². The number of methoxy groups -OCH3 is 1. The molecule has 2 aromatic rings. The van der Waals surface area contributed by atoms with E-state index < -0.39 is 0 Å². The third kappa shape index (κ3) is 4.77. The summed E-state index contributed by atoms with van der Waals surface area (Å²) < 4.78 is 16.3. The molecule has 0 aliphatic rings. The molecule has 5 heteroatoms. The number of aliphatic imine (C=N–C) groups is 1. The second-order valence-electron chi connectivity index (χ2n) is 4.82. The summed E-state index contributed by atoms with van der Waals surface area (Å²) in [6, 6.07) is 11.1. The molecule has 4 nitrogen and oxygen atoms in total. The lowest BCUT2D eigenvalue weighted by atomic mass is 10.2. The first-order chi connectivity index (χ1) is 11.7. The summed E-state index contributed by atoms with van der Waals surface area (Å²) in [5.74, 6) is 1.89. The molecule has 2 aromatic carbocycles. The summed E-state index contributed by atoms with van der Waals surface area (Å²) >= 11 is 6.31. The first-order valence-corrected chi connectivity index (χ1v) is 7.94. The Balaban J connectivity index is 2.25. The maximum Gasteiger partial charge on any atom is 0.180 e. The zero-order valence-corrected chi connectivity index (χ0v) is 14.5. The van der Waals surface area contributed by atoms with Crippen LogP contribution in [0.4, 0.5) is 5.69 Å². The topological polar surface area (TPSA) is 40.0 Å². The Kier molecular flexibility index (Phi) is 6.70. The van der Waals surface area contributed by atoms with Gasteiger partial charge in [-0.15, -0.1) is 0 Å². The van der Waals surface area contributed by atoms with Gasteiger partial charge in [0.25, 0.3) is 0 Å². The zero-order valence-electron chi connectivity index (χ0n) is 13.8. The van der Waals surface area contributed by atoms with Crippen LogP contribution in [0.15, 0.2) is 54.0 Å². The van der Waals surface area contributed by atoms with Crippen molar-refractivity contribution in [2.75, 3.05) is 20.3 Å². The Morgan fingerprint density at radius 1 is 1.17 bits per heavy atom. The summed E-state index contributed by atoms with van der Waals surface area (Å²) in [5.41, 5.74) is 1.64. The number of hydrogen-bond acceptors (Lipinski definition) is 4. The van der Waals surface area contributed by atoms with E-state index in [1.807, 2.05) is 37.3 Å². The average Bonchev–Trinajstić information content (AvgIpc) is 2.60. The SMILES string of the molecule is C=CCOc1c(Cl)cc(C=Nc2ccc(OC)cc2)cc1OCC. The maximum atomic E-state index is 6.31. The van der Waals surface area contributed by atoms with Gasteiger partial charge in [-0.2, -0.15) is 0 Å². The fourth-order valence-electron chi connectivity index (χ4n) is 2.03. The molecule has 0 unspecified atom stereocenters. The maximum absolute atomic E-state index is 6.31. The van der Waals surface area contributed by atoms with Crippen molar-refractivity contribution in [3.63, 3.8) is 0 Å². The van der Waals surface area contributed by atoms with Crippen molar-refractivity contribution >= 4 is 23.5 Å². The van der Waals surface area contributed by atoms with E-state index in [2.05, 4.69) is 11.6 Å². The molecular formula is C19H20ClNO3. The van der Waals surface area contributed by atoms with Crippen LogP contribution >= 0.6 is 11.6 Å². The monoisotopic (exact) mass is 345 g/mol. The van der Waals surface area contributed by atoms with Crippen LogP contribution in [0.2, 0.25) is 5.02 Å². The van der Waals surface area contributed by atoms with Crippen molar-refractivity contribution in [2.45, 2.75) is 6.92 Å². The second kappa shape index (κ2) is 8.99. The normalized spacial score (nSPS) is 10.6. The van der Waals surface area contributed by atoms with Crippen molar-refractivity contribution < 1.29 is 14.2 Å². The molecule has 0 fully saturated rings. The Morgan fingerprint density at radius 3 is 2.54 bits per heavy atom. The average molecular weight is 346 g/mol. The van der Waals surface area contributed by atoms with Crippen LogP contribution in [0.25, 0.3) is 0 Å². The smallest absolute Gasteiger partial charge is 0.180 e. The Bertz CT molecular complexity index is 711. The number of ether oxygens (including phenoxy) is 3. The Labute approximate surface area is 147 Å². The number of halogens is 1. The van der Waals surface area contributed by atoms with Gasteiger partial charge in [-0.1, -0.05) is 24.3 Å². The fourth-order valence-corrected chi connectivity index (χ4v) is 2.30. The third-order valence-electron chi connectivity index (χ3n) is 3.11. The summed E-state index contributed by atoms with van der Waals surface area (Å²) in [5, 5.41) is 0.471. The summed E-state index contributed by atoms with van der Waals surface area (Å²) in [4.78, 5) is 4.43. The molecular weight excluding hydrogens is 326 g/mol. The minimum atomic E-state index is 0.360. The van der Waals surface area contributed by atoms with Gasteiger partial charge in [-0.3, -0.25) is 4.99 Å². The molecule has 0 atom stereocenters. The largest absolute Gasteiger partial charge is 0.497 e. The molecule has 0 saturated heterocycles. The highest BCUT2D eigenvalue weighted by Crippen LogP contribution is 2.36. The lowest BCUT2D eigenvalue weighted by molar-refractivity contribution is 0.297. The molecule has 0 bridgehead atoms. The third-order valence-corrected chi connectivity index (χ3v) is 3.39. The van der Waals surface area contributed by atoms with Crippen molar-refractivity contribution in [3.8, 4) is 17.2 Å². The van der Waals surface area contributed by atoms with E-state index in [1.165, 1.54) is 0 Å². The van der Waals surface area contributed by atoms with Crippen LogP contribution in [-0.4, -0.2) is 26.5 Å². The van der Waals surface area contributed by atoms with E-state index in [9.17, 15) is 0 Å². The Morgan fingerprint density at radius 2 is 1.92 bits per heavy atom. The summed E-state index contributed by atoms with van der Waals surface area (Å²) in [6.45, 7) is 6.41. The standard InChI is InChI=1S/C19H20ClNO3/c1-4-10-24-19-17(20)11-14(12-18(19)23-5-2)13-21-15-6-8-16(22-3)9-7-15/h4,6-9,11-13H,1,5,10H2,2-3H3. The van der Waals surface area contributed by atoms with E-state index in [0.717, 1.165) is 17.0 Å². The summed E-state index contributed by atoms with van der Waals surface area (Å²) in [7, 11) is 1.63. The molecule has 2 rings (SSSR count). The minimum Gasteiger partial charge on any atom is -0.497 e. The molecule has 0 amide bonds. The van der Waals surface area contributed by atoms with Crippen molar-refractivity contribution in [1.29, 1.82) is 0 Å². The van der Waals surface area contributed by atoms with Gasteiger partial charge in [0.05, 0.1) is 24.4 Å². The quantitative estimate of drug-likeness (QED) is 0.495. The zero-order chi connectivity index (χ0) is 17.4. The van der Waals surface area contributed by atoms with Crippen molar-refractivity contribution in [3.05, 3.63) is 59.6 Å². The lowest BCUT2D eigenvalue weighted by Crippen LogP contribution is -2.00. The van der Waals surface area contributed by atoms with Crippen LogP contribution < -0.4 is 14.2 Å². The van der Waals surface area contributed by atoms with Gasteiger partial charge < -0.3 is 14.2 Å². The van der Waals surface area contributed by atoms with Gasteiger partial charge in [0.2, 0.25) is 0 Å². The molecule has 126 valence electrons. The van der Waals surface area contributed by atoms with Crippen LogP contribution in [-0.2, 0) is 0 Å². The van der Waals surface area contributed by atoms with Gasteiger partial charge in [0.1, 0.15) is 12.4 Å². The van der Waals surface area contributed by atoms with Crippen LogP contribution in [0.3, 0.4) is 0 Å². The van der Waals surface area contributed by atoms with E-state index >= 15 is 0 Å². The minimum absolute atomic E-state index is 0.360. The van der Waals surface area contributed by atoms with Gasteiger partial charge >= 0.3 is 0 Å². The molecule has 0 saturated carbocycles. The molecule has 0 radical (unpaired) electrons. The van der Waals surface area contributed by atoms with Gasteiger partial charge in [-0.05, 0) is 48.9 Å². The number of hydrogen-bond donors (Lipinski definition) is 0.